The van der Waals surface area contributed by atoms with Gasteiger partial charge in [-0.2, -0.15) is 13.2 Å². The van der Waals surface area contributed by atoms with Crippen LogP contribution in [-0.2, 0) is 6.18 Å². The molecule has 5 nitrogen and oxygen atoms in total. The lowest BCUT2D eigenvalue weighted by Gasteiger charge is -2.15. The van der Waals surface area contributed by atoms with Gasteiger partial charge in [0.25, 0.3) is 5.69 Å². The van der Waals surface area contributed by atoms with Crippen molar-refractivity contribution in [2.24, 2.45) is 5.92 Å². The summed E-state index contributed by atoms with van der Waals surface area (Å²) in [6.07, 6.45) is -2.83. The Balaban J connectivity index is 2.08. The molecule has 8 heteroatoms. The Hall–Kier alpha value is -1.83. The van der Waals surface area contributed by atoms with E-state index in [0.717, 1.165) is 38.1 Å². The smallest absolute Gasteiger partial charge is 0.385 e. The number of hydrogen-bond donors (Lipinski definition) is 2. The maximum Gasteiger partial charge on any atom is 0.418 e. The minimum atomic E-state index is -4.62. The molecule has 1 aliphatic heterocycles. The predicted molar refractivity (Wildman–Crippen MR) is 72.2 cm³/mol. The number of nitro benzene ring substituents is 1. The van der Waals surface area contributed by atoms with Crippen molar-refractivity contribution < 1.29 is 18.1 Å². The van der Waals surface area contributed by atoms with E-state index in [2.05, 4.69) is 10.6 Å². The minimum Gasteiger partial charge on any atom is -0.385 e. The topological polar surface area (TPSA) is 67.2 Å². The maximum absolute atomic E-state index is 12.9. The van der Waals surface area contributed by atoms with Gasteiger partial charge in [-0.3, -0.25) is 10.1 Å². The third-order valence-corrected chi connectivity index (χ3v) is 3.55. The fourth-order valence-electron chi connectivity index (χ4n) is 2.41. The first kappa shape index (κ1) is 15.6. The van der Waals surface area contributed by atoms with Gasteiger partial charge in [-0.05, 0) is 37.9 Å². The Kier molecular flexibility index (Phi) is 4.66. The largest absolute Gasteiger partial charge is 0.418 e. The molecule has 1 saturated heterocycles. The van der Waals surface area contributed by atoms with Gasteiger partial charge in [0, 0.05) is 24.4 Å². The molecule has 0 aromatic heterocycles. The molecule has 2 N–H and O–H groups in total. The van der Waals surface area contributed by atoms with Gasteiger partial charge in [0.2, 0.25) is 0 Å². The molecule has 0 saturated carbocycles. The second-order valence-electron chi connectivity index (χ2n) is 5.06. The summed E-state index contributed by atoms with van der Waals surface area (Å²) in [7, 11) is 0. The number of hydrogen-bond acceptors (Lipinski definition) is 4. The standard InChI is InChI=1S/C13H16F3N3O2/c14-13(15,16)11-7-10(19(20)21)1-2-12(11)18-6-4-9-3-5-17-8-9/h1-2,7,9,17-18H,3-6,8H2. The molecule has 0 bridgehead atoms. The summed E-state index contributed by atoms with van der Waals surface area (Å²) in [5, 5.41) is 16.5. The van der Waals surface area contributed by atoms with Crippen molar-refractivity contribution in [2.45, 2.75) is 19.0 Å². The van der Waals surface area contributed by atoms with Crippen molar-refractivity contribution in [3.05, 3.63) is 33.9 Å². The molecule has 21 heavy (non-hydrogen) atoms. The molecule has 1 aromatic rings. The van der Waals surface area contributed by atoms with Gasteiger partial charge in [0.05, 0.1) is 10.5 Å². The molecular formula is C13H16F3N3O2. The molecular weight excluding hydrogens is 287 g/mol. The number of halogens is 3. The zero-order chi connectivity index (χ0) is 15.5. The summed E-state index contributed by atoms with van der Waals surface area (Å²) in [6, 6.07) is 2.77. The number of anilines is 1. The first-order chi connectivity index (χ1) is 9.88. The van der Waals surface area contributed by atoms with Crippen LogP contribution in [0.4, 0.5) is 24.5 Å². The first-order valence-electron chi connectivity index (χ1n) is 6.68. The van der Waals surface area contributed by atoms with Gasteiger partial charge in [0.1, 0.15) is 0 Å². The van der Waals surface area contributed by atoms with Crippen LogP contribution >= 0.6 is 0 Å². The Morgan fingerprint density at radius 2 is 2.19 bits per heavy atom. The lowest BCUT2D eigenvalue weighted by molar-refractivity contribution is -0.385. The number of nitro groups is 1. The number of benzene rings is 1. The van der Waals surface area contributed by atoms with Crippen LogP contribution in [-0.4, -0.2) is 24.6 Å². The Labute approximate surface area is 119 Å². The minimum absolute atomic E-state index is 0.112. The molecule has 1 fully saturated rings. The van der Waals surface area contributed by atoms with E-state index in [0.29, 0.717) is 18.5 Å². The molecule has 2 rings (SSSR count). The molecule has 0 radical (unpaired) electrons. The van der Waals surface area contributed by atoms with Crippen LogP contribution in [0, 0.1) is 16.0 Å². The quantitative estimate of drug-likeness (QED) is 0.648. The van der Waals surface area contributed by atoms with Gasteiger partial charge >= 0.3 is 6.18 Å². The highest BCUT2D eigenvalue weighted by Crippen LogP contribution is 2.37. The molecule has 1 unspecified atom stereocenters. The van der Waals surface area contributed by atoms with Crippen LogP contribution in [0.15, 0.2) is 18.2 Å². The van der Waals surface area contributed by atoms with E-state index in [-0.39, 0.29) is 5.69 Å². The molecule has 1 heterocycles. The van der Waals surface area contributed by atoms with Crippen LogP contribution in [0.5, 0.6) is 0 Å². The van der Waals surface area contributed by atoms with E-state index in [1.807, 2.05) is 0 Å². The molecule has 116 valence electrons. The zero-order valence-electron chi connectivity index (χ0n) is 11.2. The molecule has 0 spiro atoms. The number of nitrogens with zero attached hydrogens (tertiary/aromatic N) is 1. The van der Waals surface area contributed by atoms with Gasteiger partial charge in [-0.1, -0.05) is 0 Å². The summed E-state index contributed by atoms with van der Waals surface area (Å²) in [5.41, 5.74) is -1.67. The molecule has 0 amide bonds. The number of rotatable bonds is 5. The maximum atomic E-state index is 12.9. The molecule has 1 atom stereocenters. The molecule has 1 aromatic carbocycles. The van der Waals surface area contributed by atoms with Crippen molar-refractivity contribution in [1.82, 2.24) is 5.32 Å². The lowest BCUT2D eigenvalue weighted by atomic mass is 10.0. The third-order valence-electron chi connectivity index (χ3n) is 3.55. The molecule has 0 aliphatic carbocycles. The second kappa shape index (κ2) is 6.30. The monoisotopic (exact) mass is 303 g/mol. The van der Waals surface area contributed by atoms with Crippen LogP contribution < -0.4 is 10.6 Å². The van der Waals surface area contributed by atoms with Crippen LogP contribution in [0.25, 0.3) is 0 Å². The average molecular weight is 303 g/mol. The van der Waals surface area contributed by atoms with E-state index < -0.39 is 22.4 Å². The number of alkyl halides is 3. The highest BCUT2D eigenvalue weighted by molar-refractivity contribution is 5.57. The van der Waals surface area contributed by atoms with E-state index in [1.54, 1.807) is 0 Å². The van der Waals surface area contributed by atoms with Gasteiger partial charge < -0.3 is 10.6 Å². The van der Waals surface area contributed by atoms with E-state index in [9.17, 15) is 23.3 Å². The van der Waals surface area contributed by atoms with E-state index >= 15 is 0 Å². The zero-order valence-corrected chi connectivity index (χ0v) is 11.2. The first-order valence-corrected chi connectivity index (χ1v) is 6.68. The van der Waals surface area contributed by atoms with Crippen molar-refractivity contribution in [3.8, 4) is 0 Å². The van der Waals surface area contributed by atoms with E-state index in [4.69, 9.17) is 0 Å². The number of non-ortho nitro benzene ring substituents is 1. The van der Waals surface area contributed by atoms with Crippen LogP contribution in [0.3, 0.4) is 0 Å². The normalized spacial score (nSPS) is 18.7. The fraction of sp³-hybridized carbons (Fsp3) is 0.538. The van der Waals surface area contributed by atoms with Crippen molar-refractivity contribution in [1.29, 1.82) is 0 Å². The summed E-state index contributed by atoms with van der Waals surface area (Å²) in [4.78, 5) is 9.76. The predicted octanol–water partition coefficient (Wildman–Crippen LogP) is 3.03. The van der Waals surface area contributed by atoms with Crippen molar-refractivity contribution in [3.63, 3.8) is 0 Å². The van der Waals surface area contributed by atoms with Gasteiger partial charge in [0.15, 0.2) is 0 Å². The highest BCUT2D eigenvalue weighted by Gasteiger charge is 2.35. The number of nitrogens with one attached hydrogen (secondary N) is 2. The Bertz CT molecular complexity index is 514. The van der Waals surface area contributed by atoms with Crippen LogP contribution in [0.2, 0.25) is 0 Å². The third kappa shape index (κ3) is 4.07. The highest BCUT2D eigenvalue weighted by atomic mass is 19.4. The SMILES string of the molecule is O=[N+]([O-])c1ccc(NCCC2CCNC2)c(C(F)(F)F)c1. The van der Waals surface area contributed by atoms with Crippen molar-refractivity contribution in [2.75, 3.05) is 25.0 Å². The van der Waals surface area contributed by atoms with Crippen molar-refractivity contribution >= 4 is 11.4 Å². The summed E-state index contributed by atoms with van der Waals surface area (Å²) in [6.45, 7) is 2.23. The van der Waals surface area contributed by atoms with Gasteiger partial charge in [-0.15, -0.1) is 0 Å². The lowest BCUT2D eigenvalue weighted by Crippen LogP contribution is -2.15. The fourth-order valence-corrected chi connectivity index (χ4v) is 2.41. The van der Waals surface area contributed by atoms with E-state index in [1.165, 1.54) is 0 Å². The van der Waals surface area contributed by atoms with Crippen LogP contribution in [0.1, 0.15) is 18.4 Å². The summed E-state index contributed by atoms with van der Waals surface area (Å²) in [5.74, 6) is 0.463. The summed E-state index contributed by atoms with van der Waals surface area (Å²) >= 11 is 0. The van der Waals surface area contributed by atoms with Gasteiger partial charge in [-0.25, -0.2) is 0 Å². The Morgan fingerprint density at radius 1 is 1.43 bits per heavy atom. The summed E-state index contributed by atoms with van der Waals surface area (Å²) < 4.78 is 38.8. The second-order valence-corrected chi connectivity index (χ2v) is 5.06. The average Bonchev–Trinajstić information content (AvgIpc) is 2.90. The molecule has 1 aliphatic rings. The Morgan fingerprint density at radius 3 is 2.76 bits per heavy atom.